The highest BCUT2D eigenvalue weighted by atomic mass is 16.3. The quantitative estimate of drug-likeness (QED) is 0.635. The van der Waals surface area contributed by atoms with Crippen molar-refractivity contribution >= 4 is 6.03 Å². The number of amides is 2. The molecule has 4 nitrogen and oxygen atoms in total. The van der Waals surface area contributed by atoms with E-state index in [0.29, 0.717) is 0 Å². The van der Waals surface area contributed by atoms with Crippen LogP contribution in [0.1, 0.15) is 19.3 Å². The molecule has 1 saturated carbocycles. The van der Waals surface area contributed by atoms with Crippen LogP contribution in [0.2, 0.25) is 0 Å². The molecular weight excluding hydrogens is 168 g/mol. The molecule has 0 unspecified atom stereocenters. The Labute approximate surface area is 78.1 Å². The van der Waals surface area contributed by atoms with Gasteiger partial charge in [-0.3, -0.25) is 0 Å². The normalized spacial score (nSPS) is 34.8. The summed E-state index contributed by atoms with van der Waals surface area (Å²) in [6.45, 7) is 1.57. The van der Waals surface area contributed by atoms with Gasteiger partial charge in [-0.1, -0.05) is 0 Å². The molecule has 1 saturated heterocycles. The van der Waals surface area contributed by atoms with Gasteiger partial charge in [-0.25, -0.2) is 4.79 Å². The Morgan fingerprint density at radius 1 is 1.38 bits per heavy atom. The van der Waals surface area contributed by atoms with Crippen molar-refractivity contribution in [1.82, 2.24) is 9.80 Å². The summed E-state index contributed by atoms with van der Waals surface area (Å²) in [4.78, 5) is 15.1. The van der Waals surface area contributed by atoms with Gasteiger partial charge in [-0.05, 0) is 19.3 Å². The van der Waals surface area contributed by atoms with Crippen molar-refractivity contribution in [2.45, 2.75) is 31.4 Å². The van der Waals surface area contributed by atoms with Crippen molar-refractivity contribution in [3.05, 3.63) is 0 Å². The van der Waals surface area contributed by atoms with E-state index in [4.69, 9.17) is 0 Å². The molecule has 1 N–H and O–H groups in total. The van der Waals surface area contributed by atoms with E-state index in [0.717, 1.165) is 32.4 Å². The van der Waals surface area contributed by atoms with E-state index < -0.39 is 0 Å². The predicted molar refractivity (Wildman–Crippen MR) is 48.4 cm³/mol. The molecule has 2 rings (SSSR count). The van der Waals surface area contributed by atoms with Crippen LogP contribution in [0, 0.1) is 0 Å². The van der Waals surface area contributed by atoms with Gasteiger partial charge in [0.25, 0.3) is 0 Å². The molecule has 4 heteroatoms. The molecule has 2 atom stereocenters. The lowest BCUT2D eigenvalue weighted by atomic mass is 10.2. The molecule has 0 aromatic heterocycles. The largest absolute Gasteiger partial charge is 0.391 e. The Kier molecular flexibility index (Phi) is 2.15. The van der Waals surface area contributed by atoms with Crippen molar-refractivity contribution in [1.29, 1.82) is 0 Å². The standard InChI is InChI=1S/C9H16N2O2/c1-10-5-6-11(9(10)13)7-3-2-4-8(7)12/h7-8,12H,2-6H2,1H3/t7-,8-/m0/s1. The van der Waals surface area contributed by atoms with Crippen molar-refractivity contribution in [2.75, 3.05) is 20.1 Å². The first-order chi connectivity index (χ1) is 6.20. The van der Waals surface area contributed by atoms with Crippen molar-refractivity contribution in [3.8, 4) is 0 Å². The van der Waals surface area contributed by atoms with Gasteiger partial charge in [0.15, 0.2) is 0 Å². The molecule has 1 heterocycles. The monoisotopic (exact) mass is 184 g/mol. The molecule has 0 spiro atoms. The van der Waals surface area contributed by atoms with E-state index in [1.54, 1.807) is 4.90 Å². The lowest BCUT2D eigenvalue weighted by Crippen LogP contribution is -2.42. The van der Waals surface area contributed by atoms with Gasteiger partial charge in [0, 0.05) is 20.1 Å². The maximum atomic E-state index is 11.6. The summed E-state index contributed by atoms with van der Waals surface area (Å²) in [6.07, 6.45) is 2.55. The van der Waals surface area contributed by atoms with Crippen LogP contribution in [-0.4, -0.2) is 53.2 Å². The van der Waals surface area contributed by atoms with Crippen LogP contribution in [-0.2, 0) is 0 Å². The Morgan fingerprint density at radius 2 is 2.15 bits per heavy atom. The lowest BCUT2D eigenvalue weighted by Gasteiger charge is -2.26. The highest BCUT2D eigenvalue weighted by molar-refractivity contribution is 5.76. The lowest BCUT2D eigenvalue weighted by molar-refractivity contribution is 0.0952. The van der Waals surface area contributed by atoms with Gasteiger partial charge in [-0.15, -0.1) is 0 Å². The van der Waals surface area contributed by atoms with E-state index >= 15 is 0 Å². The maximum absolute atomic E-state index is 11.6. The zero-order valence-corrected chi connectivity index (χ0v) is 7.94. The smallest absolute Gasteiger partial charge is 0.320 e. The molecule has 2 aliphatic rings. The number of likely N-dealkylation sites (N-methyl/N-ethyl adjacent to an activating group) is 1. The molecule has 13 heavy (non-hydrogen) atoms. The number of hydrogen-bond acceptors (Lipinski definition) is 2. The minimum absolute atomic E-state index is 0.0750. The first kappa shape index (κ1) is 8.81. The second-order valence-electron chi connectivity index (χ2n) is 3.96. The fourth-order valence-electron chi connectivity index (χ4n) is 2.26. The zero-order chi connectivity index (χ0) is 9.42. The summed E-state index contributed by atoms with van der Waals surface area (Å²) in [6, 6.07) is 0.156. The number of carbonyl (C=O) groups excluding carboxylic acids is 1. The third-order valence-electron chi connectivity index (χ3n) is 3.09. The van der Waals surface area contributed by atoms with Crippen molar-refractivity contribution in [2.24, 2.45) is 0 Å². The van der Waals surface area contributed by atoms with Gasteiger partial charge >= 0.3 is 6.03 Å². The highest BCUT2D eigenvalue weighted by Gasteiger charge is 2.37. The summed E-state index contributed by atoms with van der Waals surface area (Å²) in [5, 5.41) is 9.64. The first-order valence-corrected chi connectivity index (χ1v) is 4.90. The van der Waals surface area contributed by atoms with E-state index in [2.05, 4.69) is 0 Å². The van der Waals surface area contributed by atoms with E-state index in [-0.39, 0.29) is 18.2 Å². The van der Waals surface area contributed by atoms with Crippen molar-refractivity contribution < 1.29 is 9.90 Å². The SMILES string of the molecule is CN1CCN([C@H]2CCC[C@@H]2O)C1=O. The van der Waals surface area contributed by atoms with E-state index in [1.807, 2.05) is 11.9 Å². The van der Waals surface area contributed by atoms with Crippen molar-refractivity contribution in [3.63, 3.8) is 0 Å². The maximum Gasteiger partial charge on any atom is 0.320 e. The van der Waals surface area contributed by atoms with Crippen LogP contribution >= 0.6 is 0 Å². The summed E-state index contributed by atoms with van der Waals surface area (Å²) >= 11 is 0. The van der Waals surface area contributed by atoms with Gasteiger partial charge in [0.1, 0.15) is 0 Å². The average molecular weight is 184 g/mol. The minimum atomic E-state index is -0.296. The van der Waals surface area contributed by atoms with Gasteiger partial charge < -0.3 is 14.9 Å². The topological polar surface area (TPSA) is 43.8 Å². The molecule has 0 radical (unpaired) electrons. The minimum Gasteiger partial charge on any atom is -0.391 e. The number of rotatable bonds is 1. The first-order valence-electron chi connectivity index (χ1n) is 4.90. The summed E-state index contributed by atoms with van der Waals surface area (Å²) in [7, 11) is 1.81. The highest BCUT2D eigenvalue weighted by Crippen LogP contribution is 2.26. The summed E-state index contributed by atoms with van der Waals surface area (Å²) in [5.74, 6) is 0. The van der Waals surface area contributed by atoms with Gasteiger partial charge in [-0.2, -0.15) is 0 Å². The average Bonchev–Trinajstić information content (AvgIpc) is 2.62. The van der Waals surface area contributed by atoms with Gasteiger partial charge in [0.05, 0.1) is 12.1 Å². The number of aliphatic hydroxyl groups is 1. The molecule has 0 aromatic rings. The van der Waals surface area contributed by atoms with Crippen LogP contribution in [0.15, 0.2) is 0 Å². The Hall–Kier alpha value is -0.770. The molecule has 1 aliphatic carbocycles. The molecule has 0 aromatic carbocycles. The van der Waals surface area contributed by atoms with Crippen LogP contribution in [0.3, 0.4) is 0 Å². The van der Waals surface area contributed by atoms with Crippen LogP contribution in [0.25, 0.3) is 0 Å². The third kappa shape index (κ3) is 1.39. The molecule has 0 bridgehead atoms. The Balaban J connectivity index is 2.04. The molecule has 74 valence electrons. The number of urea groups is 1. The Morgan fingerprint density at radius 3 is 2.62 bits per heavy atom. The second-order valence-corrected chi connectivity index (χ2v) is 3.96. The summed E-state index contributed by atoms with van der Waals surface area (Å²) in [5.41, 5.74) is 0. The number of nitrogens with zero attached hydrogens (tertiary/aromatic N) is 2. The third-order valence-corrected chi connectivity index (χ3v) is 3.09. The number of hydrogen-bond donors (Lipinski definition) is 1. The molecule has 1 aliphatic heterocycles. The zero-order valence-electron chi connectivity index (χ0n) is 7.94. The van der Waals surface area contributed by atoms with Crippen LogP contribution in [0.5, 0.6) is 0 Å². The van der Waals surface area contributed by atoms with E-state index in [1.165, 1.54) is 0 Å². The fraction of sp³-hybridized carbons (Fsp3) is 0.889. The fourth-order valence-corrected chi connectivity index (χ4v) is 2.26. The van der Waals surface area contributed by atoms with Crippen LogP contribution < -0.4 is 0 Å². The summed E-state index contributed by atoms with van der Waals surface area (Å²) < 4.78 is 0. The van der Waals surface area contributed by atoms with Crippen LogP contribution in [0.4, 0.5) is 4.79 Å². The molecular formula is C9H16N2O2. The molecule has 2 fully saturated rings. The Bertz CT molecular complexity index is 220. The predicted octanol–water partition coefficient (Wildman–Crippen LogP) is 0.267. The second kappa shape index (κ2) is 3.18. The number of carbonyl (C=O) groups is 1. The van der Waals surface area contributed by atoms with E-state index in [9.17, 15) is 9.90 Å². The number of aliphatic hydroxyl groups excluding tert-OH is 1. The molecule has 2 amide bonds. The van der Waals surface area contributed by atoms with Gasteiger partial charge in [0.2, 0.25) is 0 Å².